The fraction of sp³-hybridized carbons (Fsp3) is 0.280. The van der Waals surface area contributed by atoms with E-state index in [1.165, 1.54) is 35.8 Å². The van der Waals surface area contributed by atoms with Gasteiger partial charge in [-0.3, -0.25) is 4.57 Å². The lowest BCUT2D eigenvalue weighted by Gasteiger charge is -2.07. The van der Waals surface area contributed by atoms with Gasteiger partial charge < -0.3 is 4.42 Å². The van der Waals surface area contributed by atoms with Crippen molar-refractivity contribution in [2.45, 2.75) is 44.9 Å². The molecule has 0 amide bonds. The van der Waals surface area contributed by atoms with Crippen molar-refractivity contribution in [3.05, 3.63) is 93.9 Å². The molecule has 2 aromatic heterocycles. The number of hydrogen-bond acceptors (Lipinski definition) is 3. The molecule has 0 aliphatic heterocycles. The summed E-state index contributed by atoms with van der Waals surface area (Å²) >= 11 is 0. The molecule has 0 fully saturated rings. The number of rotatable bonds is 4. The number of hydrogen-bond donors (Lipinski definition) is 0. The van der Waals surface area contributed by atoms with Crippen molar-refractivity contribution in [1.29, 1.82) is 0 Å². The van der Waals surface area contributed by atoms with Gasteiger partial charge in [0.1, 0.15) is 11.3 Å². The molecule has 1 aliphatic rings. The molecule has 146 valence electrons. The highest BCUT2D eigenvalue weighted by Crippen LogP contribution is 2.32. The molecule has 1 aliphatic carbocycles. The number of aromatic nitrogens is 2. The van der Waals surface area contributed by atoms with Crippen LogP contribution in [-0.4, -0.2) is 9.55 Å². The minimum absolute atomic E-state index is 0.247. The number of fused-ring (bicyclic) bond motifs is 3. The van der Waals surface area contributed by atoms with Gasteiger partial charge in [-0.2, -0.15) is 4.98 Å². The summed E-state index contributed by atoms with van der Waals surface area (Å²) in [5.41, 5.74) is 4.85. The van der Waals surface area contributed by atoms with Crippen molar-refractivity contribution < 1.29 is 4.42 Å². The second-order valence-corrected chi connectivity index (χ2v) is 7.80. The third-order valence-electron chi connectivity index (χ3n) is 5.84. The molecule has 0 atom stereocenters. The summed E-state index contributed by atoms with van der Waals surface area (Å²) in [6.45, 7) is 0. The monoisotopic (exact) mass is 384 g/mol. The van der Waals surface area contributed by atoms with E-state index in [0.717, 1.165) is 48.4 Å². The molecule has 0 spiro atoms. The highest BCUT2D eigenvalue weighted by Gasteiger charge is 2.17. The number of nitrogens with zero attached hydrogens (tertiary/aromatic N) is 2. The van der Waals surface area contributed by atoms with Gasteiger partial charge in [-0.05, 0) is 55.9 Å². The molecule has 0 saturated heterocycles. The summed E-state index contributed by atoms with van der Waals surface area (Å²) in [4.78, 5) is 16.9. The van der Waals surface area contributed by atoms with Gasteiger partial charge in [-0.1, -0.05) is 36.8 Å². The molecule has 4 nitrogen and oxygen atoms in total. The molecule has 4 aromatic rings. The zero-order valence-corrected chi connectivity index (χ0v) is 16.4. The van der Waals surface area contributed by atoms with Crippen molar-refractivity contribution in [3.63, 3.8) is 0 Å². The minimum Gasteiger partial charge on any atom is -0.461 e. The Hall–Kier alpha value is -3.14. The lowest BCUT2D eigenvalue weighted by atomic mass is 10.1. The van der Waals surface area contributed by atoms with Gasteiger partial charge in [0.25, 0.3) is 0 Å². The topological polar surface area (TPSA) is 48.0 Å². The van der Waals surface area contributed by atoms with Crippen molar-refractivity contribution in [1.82, 2.24) is 9.55 Å². The fourth-order valence-electron chi connectivity index (χ4n) is 4.27. The fourth-order valence-corrected chi connectivity index (χ4v) is 4.27. The van der Waals surface area contributed by atoms with Crippen molar-refractivity contribution in [3.8, 4) is 5.69 Å². The maximum atomic E-state index is 12.6. The van der Waals surface area contributed by atoms with Crippen LogP contribution in [0.15, 0.2) is 70.0 Å². The summed E-state index contributed by atoms with van der Waals surface area (Å²) in [6.07, 6.45) is 9.22. The first-order valence-electron chi connectivity index (χ1n) is 10.4. The molecular formula is C25H24N2O2. The standard InChI is InChI=1S/C25H24N2O2/c28-25-26-19(12-11-18-7-3-1-4-8-18)15-16-27(25)20-13-14-22-21-9-5-2-6-10-23(21)29-24(22)17-20/h1,3-4,7-8,13-17H,2,5-6,9-12H2. The van der Waals surface area contributed by atoms with Crippen LogP contribution in [0.5, 0.6) is 0 Å². The predicted molar refractivity (Wildman–Crippen MR) is 115 cm³/mol. The predicted octanol–water partition coefficient (Wildman–Crippen LogP) is 5.03. The normalized spacial score (nSPS) is 13.9. The molecule has 0 bridgehead atoms. The van der Waals surface area contributed by atoms with E-state index < -0.39 is 0 Å². The van der Waals surface area contributed by atoms with E-state index in [9.17, 15) is 4.79 Å². The van der Waals surface area contributed by atoms with Gasteiger partial charge in [-0.15, -0.1) is 0 Å². The quantitative estimate of drug-likeness (QED) is 0.464. The minimum atomic E-state index is -0.247. The highest BCUT2D eigenvalue weighted by molar-refractivity contribution is 5.84. The van der Waals surface area contributed by atoms with Crippen molar-refractivity contribution in [2.24, 2.45) is 0 Å². The van der Waals surface area contributed by atoms with Crippen LogP contribution in [0.2, 0.25) is 0 Å². The number of benzene rings is 2. The Kier molecular flexibility index (Phi) is 4.76. The van der Waals surface area contributed by atoms with E-state index in [2.05, 4.69) is 23.2 Å². The van der Waals surface area contributed by atoms with Crippen LogP contribution < -0.4 is 5.69 Å². The maximum absolute atomic E-state index is 12.6. The number of aryl methyl sites for hydroxylation is 4. The SMILES string of the molecule is O=c1nc(CCc2ccccc2)ccn1-c1ccc2c3c(oc2c1)CCCCC3. The smallest absolute Gasteiger partial charge is 0.352 e. The first-order valence-corrected chi connectivity index (χ1v) is 10.4. The van der Waals surface area contributed by atoms with E-state index in [1.807, 2.05) is 42.6 Å². The Morgan fingerprint density at radius 3 is 2.66 bits per heavy atom. The van der Waals surface area contributed by atoms with Gasteiger partial charge in [-0.25, -0.2) is 4.79 Å². The van der Waals surface area contributed by atoms with Crippen LogP contribution in [0, 0.1) is 0 Å². The van der Waals surface area contributed by atoms with Crippen LogP contribution in [-0.2, 0) is 25.7 Å². The maximum Gasteiger partial charge on any atom is 0.352 e. The summed E-state index contributed by atoms with van der Waals surface area (Å²) in [5.74, 6) is 1.12. The molecule has 29 heavy (non-hydrogen) atoms. The Labute approximate surface area is 169 Å². The van der Waals surface area contributed by atoms with Gasteiger partial charge >= 0.3 is 5.69 Å². The molecule has 0 unspecified atom stereocenters. The third kappa shape index (κ3) is 3.63. The van der Waals surface area contributed by atoms with Crippen molar-refractivity contribution >= 4 is 11.0 Å². The second kappa shape index (κ2) is 7.70. The second-order valence-electron chi connectivity index (χ2n) is 7.80. The number of furan rings is 1. The molecule has 0 N–H and O–H groups in total. The van der Waals surface area contributed by atoms with E-state index in [-0.39, 0.29) is 5.69 Å². The van der Waals surface area contributed by atoms with E-state index in [1.54, 1.807) is 4.57 Å². The first-order chi connectivity index (χ1) is 14.3. The van der Waals surface area contributed by atoms with Crippen molar-refractivity contribution in [2.75, 3.05) is 0 Å². The average molecular weight is 384 g/mol. The van der Waals surface area contributed by atoms with Gasteiger partial charge in [0.2, 0.25) is 0 Å². The van der Waals surface area contributed by atoms with Crippen LogP contribution >= 0.6 is 0 Å². The summed E-state index contributed by atoms with van der Waals surface area (Å²) in [5, 5.41) is 1.19. The molecule has 0 saturated carbocycles. The van der Waals surface area contributed by atoms with Gasteiger partial charge in [0.15, 0.2) is 0 Å². The van der Waals surface area contributed by atoms with Crippen LogP contribution in [0.3, 0.4) is 0 Å². The molecular weight excluding hydrogens is 360 g/mol. The molecule has 2 heterocycles. The largest absolute Gasteiger partial charge is 0.461 e. The Morgan fingerprint density at radius 2 is 1.79 bits per heavy atom. The lowest BCUT2D eigenvalue weighted by molar-refractivity contribution is 0.538. The van der Waals surface area contributed by atoms with Crippen LogP contribution in [0.4, 0.5) is 0 Å². The average Bonchev–Trinajstić information content (AvgIpc) is 2.92. The van der Waals surface area contributed by atoms with Gasteiger partial charge in [0, 0.05) is 35.3 Å². The van der Waals surface area contributed by atoms with Gasteiger partial charge in [0.05, 0.1) is 5.69 Å². The Bertz CT molecular complexity index is 1200. The zero-order chi connectivity index (χ0) is 19.6. The summed E-state index contributed by atoms with van der Waals surface area (Å²) < 4.78 is 7.74. The third-order valence-corrected chi connectivity index (χ3v) is 5.84. The summed E-state index contributed by atoms with van der Waals surface area (Å²) in [7, 11) is 0. The molecule has 4 heteroatoms. The van der Waals surface area contributed by atoms with Crippen LogP contribution in [0.1, 0.15) is 41.8 Å². The highest BCUT2D eigenvalue weighted by atomic mass is 16.3. The van der Waals surface area contributed by atoms with Crippen LogP contribution in [0.25, 0.3) is 16.7 Å². The Balaban J connectivity index is 1.41. The van der Waals surface area contributed by atoms with E-state index in [0.29, 0.717) is 0 Å². The first kappa shape index (κ1) is 17.9. The molecule has 2 aromatic carbocycles. The lowest BCUT2D eigenvalue weighted by Crippen LogP contribution is -2.22. The molecule has 0 radical (unpaired) electrons. The molecule has 5 rings (SSSR count). The Morgan fingerprint density at radius 1 is 0.931 bits per heavy atom. The summed E-state index contributed by atoms with van der Waals surface area (Å²) in [6, 6.07) is 18.3. The zero-order valence-electron chi connectivity index (χ0n) is 16.4. The van der Waals surface area contributed by atoms with E-state index in [4.69, 9.17) is 4.42 Å². The van der Waals surface area contributed by atoms with E-state index >= 15 is 0 Å².